The number of ether oxygens (including phenoxy) is 1. The molecule has 0 aromatic carbocycles. The van der Waals surface area contributed by atoms with Crippen molar-refractivity contribution >= 4 is 5.78 Å². The van der Waals surface area contributed by atoms with Crippen LogP contribution in [0.3, 0.4) is 0 Å². The van der Waals surface area contributed by atoms with Gasteiger partial charge in [-0.2, -0.15) is 0 Å². The maximum Gasteiger partial charge on any atom is 0.140 e. The molecule has 2 N–H and O–H groups in total. The van der Waals surface area contributed by atoms with E-state index in [-0.39, 0.29) is 5.41 Å². The molecule has 0 bridgehead atoms. The highest BCUT2D eigenvalue weighted by molar-refractivity contribution is 5.85. The lowest BCUT2D eigenvalue weighted by atomic mass is 9.75. The smallest absolute Gasteiger partial charge is 0.140 e. The molecule has 0 spiro atoms. The SMILES string of the molecule is NCC1(C(=O)CCC2CCCO2)CCCCCC1. The second-order valence-corrected chi connectivity index (χ2v) is 6.00. The molecule has 1 saturated carbocycles. The third-order valence-electron chi connectivity index (χ3n) is 4.76. The lowest BCUT2D eigenvalue weighted by Crippen LogP contribution is -2.38. The van der Waals surface area contributed by atoms with E-state index in [4.69, 9.17) is 10.5 Å². The molecule has 1 heterocycles. The van der Waals surface area contributed by atoms with Crippen LogP contribution in [0.15, 0.2) is 0 Å². The van der Waals surface area contributed by atoms with Crippen LogP contribution < -0.4 is 5.73 Å². The van der Waals surface area contributed by atoms with E-state index in [2.05, 4.69) is 0 Å². The van der Waals surface area contributed by atoms with Crippen molar-refractivity contribution in [1.82, 2.24) is 0 Å². The standard InChI is InChI=1S/C15H27NO2/c16-12-15(9-3-1-2-4-10-15)14(17)8-7-13-6-5-11-18-13/h13H,1-12,16H2. The minimum absolute atomic E-state index is 0.199. The summed E-state index contributed by atoms with van der Waals surface area (Å²) in [5, 5.41) is 0. The van der Waals surface area contributed by atoms with Crippen molar-refractivity contribution in [1.29, 1.82) is 0 Å². The zero-order valence-corrected chi connectivity index (χ0v) is 11.5. The zero-order chi connectivity index (χ0) is 12.8. The van der Waals surface area contributed by atoms with Crippen molar-refractivity contribution in [2.24, 2.45) is 11.1 Å². The third kappa shape index (κ3) is 3.33. The summed E-state index contributed by atoms with van der Waals surface area (Å²) in [6.07, 6.45) is 11.1. The molecule has 1 unspecified atom stereocenters. The van der Waals surface area contributed by atoms with Gasteiger partial charge in [0.25, 0.3) is 0 Å². The Labute approximate surface area is 110 Å². The second-order valence-electron chi connectivity index (χ2n) is 6.00. The molecule has 1 saturated heterocycles. The van der Waals surface area contributed by atoms with Gasteiger partial charge in [0.2, 0.25) is 0 Å². The fraction of sp³-hybridized carbons (Fsp3) is 0.933. The Bertz CT molecular complexity index is 264. The van der Waals surface area contributed by atoms with Gasteiger partial charge in [0, 0.05) is 25.0 Å². The number of hydrogen-bond donors (Lipinski definition) is 1. The molecule has 2 aliphatic rings. The van der Waals surface area contributed by atoms with Gasteiger partial charge >= 0.3 is 0 Å². The second kappa shape index (κ2) is 6.67. The first kappa shape index (κ1) is 14.0. The lowest BCUT2D eigenvalue weighted by Gasteiger charge is -2.30. The van der Waals surface area contributed by atoms with E-state index in [1.807, 2.05) is 0 Å². The summed E-state index contributed by atoms with van der Waals surface area (Å²) < 4.78 is 5.60. The van der Waals surface area contributed by atoms with Crippen molar-refractivity contribution in [2.45, 2.75) is 70.3 Å². The summed E-state index contributed by atoms with van der Waals surface area (Å²) in [5.41, 5.74) is 5.74. The molecule has 104 valence electrons. The van der Waals surface area contributed by atoms with Gasteiger partial charge in [-0.3, -0.25) is 4.79 Å². The van der Waals surface area contributed by atoms with Crippen LogP contribution in [0.25, 0.3) is 0 Å². The summed E-state index contributed by atoms with van der Waals surface area (Å²) in [6.45, 7) is 1.41. The third-order valence-corrected chi connectivity index (χ3v) is 4.76. The van der Waals surface area contributed by atoms with E-state index < -0.39 is 0 Å². The largest absolute Gasteiger partial charge is 0.378 e. The maximum absolute atomic E-state index is 12.5. The molecule has 0 amide bonds. The molecule has 18 heavy (non-hydrogen) atoms. The van der Waals surface area contributed by atoms with Crippen LogP contribution >= 0.6 is 0 Å². The van der Waals surface area contributed by atoms with Gasteiger partial charge in [-0.1, -0.05) is 25.7 Å². The maximum atomic E-state index is 12.5. The van der Waals surface area contributed by atoms with Crippen LogP contribution in [-0.2, 0) is 9.53 Å². The number of nitrogens with two attached hydrogens (primary N) is 1. The Morgan fingerprint density at radius 1 is 1.17 bits per heavy atom. The summed E-state index contributed by atoms with van der Waals surface area (Å²) in [5.74, 6) is 0.405. The molecule has 3 nitrogen and oxygen atoms in total. The quantitative estimate of drug-likeness (QED) is 0.766. The molecule has 0 aromatic rings. The topological polar surface area (TPSA) is 52.3 Å². The highest BCUT2D eigenvalue weighted by Crippen LogP contribution is 2.36. The van der Waals surface area contributed by atoms with E-state index in [9.17, 15) is 4.79 Å². The van der Waals surface area contributed by atoms with E-state index in [0.29, 0.717) is 24.9 Å². The summed E-state index contributed by atoms with van der Waals surface area (Å²) >= 11 is 0. The van der Waals surface area contributed by atoms with Gasteiger partial charge in [-0.05, 0) is 32.1 Å². The van der Waals surface area contributed by atoms with Crippen molar-refractivity contribution in [3.05, 3.63) is 0 Å². The number of ketones is 1. The summed E-state index contributed by atoms with van der Waals surface area (Å²) in [7, 11) is 0. The van der Waals surface area contributed by atoms with Gasteiger partial charge in [0.1, 0.15) is 5.78 Å². The molecular formula is C15H27NO2. The van der Waals surface area contributed by atoms with Gasteiger partial charge in [-0.15, -0.1) is 0 Å². The fourth-order valence-corrected chi connectivity index (χ4v) is 3.43. The van der Waals surface area contributed by atoms with Crippen LogP contribution in [-0.4, -0.2) is 25.0 Å². The number of rotatable bonds is 5. The molecule has 1 aliphatic heterocycles. The molecular weight excluding hydrogens is 226 g/mol. The minimum Gasteiger partial charge on any atom is -0.378 e. The van der Waals surface area contributed by atoms with Gasteiger partial charge in [-0.25, -0.2) is 0 Å². The monoisotopic (exact) mass is 253 g/mol. The normalized spacial score (nSPS) is 27.9. The average Bonchev–Trinajstić information content (AvgIpc) is 2.79. The number of carbonyl (C=O) groups excluding carboxylic acids is 1. The Balaban J connectivity index is 1.86. The first-order chi connectivity index (χ1) is 8.77. The molecule has 1 atom stereocenters. The number of carbonyl (C=O) groups is 1. The van der Waals surface area contributed by atoms with Crippen LogP contribution in [0.4, 0.5) is 0 Å². The predicted octanol–water partition coefficient (Wildman–Crippen LogP) is 2.81. The Morgan fingerprint density at radius 2 is 1.89 bits per heavy atom. The lowest BCUT2D eigenvalue weighted by molar-refractivity contribution is -0.129. The molecule has 2 rings (SSSR count). The Kier molecular flexibility index (Phi) is 5.19. The number of Topliss-reactive ketones (excluding diaryl/α,β-unsaturated/α-hetero) is 1. The van der Waals surface area contributed by atoms with Crippen molar-refractivity contribution in [3.8, 4) is 0 Å². The Morgan fingerprint density at radius 3 is 2.44 bits per heavy atom. The minimum atomic E-state index is -0.199. The van der Waals surface area contributed by atoms with Gasteiger partial charge in [0.05, 0.1) is 6.10 Å². The van der Waals surface area contributed by atoms with Crippen LogP contribution in [0.2, 0.25) is 0 Å². The zero-order valence-electron chi connectivity index (χ0n) is 11.5. The van der Waals surface area contributed by atoms with E-state index in [1.165, 1.54) is 25.7 Å². The van der Waals surface area contributed by atoms with E-state index in [1.54, 1.807) is 0 Å². The first-order valence-electron chi connectivity index (χ1n) is 7.62. The number of hydrogen-bond acceptors (Lipinski definition) is 3. The molecule has 1 aliphatic carbocycles. The molecule has 2 fully saturated rings. The molecule has 0 aromatic heterocycles. The van der Waals surface area contributed by atoms with Crippen molar-refractivity contribution in [2.75, 3.05) is 13.2 Å². The van der Waals surface area contributed by atoms with Crippen molar-refractivity contribution in [3.63, 3.8) is 0 Å². The van der Waals surface area contributed by atoms with Gasteiger partial charge in [0.15, 0.2) is 0 Å². The van der Waals surface area contributed by atoms with Crippen LogP contribution in [0.1, 0.15) is 64.2 Å². The molecule has 0 radical (unpaired) electrons. The van der Waals surface area contributed by atoms with Crippen LogP contribution in [0, 0.1) is 5.41 Å². The summed E-state index contributed by atoms with van der Waals surface area (Å²) in [4.78, 5) is 12.5. The first-order valence-corrected chi connectivity index (χ1v) is 7.62. The molecule has 3 heteroatoms. The fourth-order valence-electron chi connectivity index (χ4n) is 3.43. The highest BCUT2D eigenvalue weighted by Gasteiger charge is 2.36. The van der Waals surface area contributed by atoms with E-state index in [0.717, 1.165) is 38.7 Å². The van der Waals surface area contributed by atoms with E-state index >= 15 is 0 Å². The van der Waals surface area contributed by atoms with Crippen LogP contribution in [0.5, 0.6) is 0 Å². The highest BCUT2D eigenvalue weighted by atomic mass is 16.5. The predicted molar refractivity (Wildman–Crippen MR) is 72.4 cm³/mol. The average molecular weight is 253 g/mol. The van der Waals surface area contributed by atoms with Gasteiger partial charge < -0.3 is 10.5 Å². The van der Waals surface area contributed by atoms with Crippen molar-refractivity contribution < 1.29 is 9.53 Å². The Hall–Kier alpha value is -0.410. The summed E-state index contributed by atoms with van der Waals surface area (Å²) in [6, 6.07) is 0.